The predicted octanol–water partition coefficient (Wildman–Crippen LogP) is 0.626. The van der Waals surface area contributed by atoms with Crippen LogP contribution in [0.15, 0.2) is 34.2 Å². The lowest BCUT2D eigenvalue weighted by Gasteiger charge is -2.30. The third kappa shape index (κ3) is 3.33. The van der Waals surface area contributed by atoms with Crippen LogP contribution in [-0.2, 0) is 4.79 Å². The van der Waals surface area contributed by atoms with Crippen LogP contribution in [0.25, 0.3) is 6.08 Å². The SMILES string of the molecule is C[NH+]1CCN(C2=NC(=O)/C(=C/c3cccc(F)c3)S2)CC1. The molecule has 1 aromatic carbocycles. The Kier molecular flexibility index (Phi) is 4.07. The number of halogens is 1. The normalized spacial score (nSPS) is 22.0. The zero-order valence-electron chi connectivity index (χ0n) is 11.8. The maximum atomic E-state index is 13.2. The highest BCUT2D eigenvalue weighted by atomic mass is 32.2. The molecule has 0 aromatic heterocycles. The van der Waals surface area contributed by atoms with E-state index in [2.05, 4.69) is 16.9 Å². The first-order valence-corrected chi connectivity index (χ1v) is 7.78. The van der Waals surface area contributed by atoms with Crippen molar-refractivity contribution in [1.29, 1.82) is 0 Å². The average molecular weight is 306 g/mol. The van der Waals surface area contributed by atoms with Gasteiger partial charge in [0.2, 0.25) is 0 Å². The maximum absolute atomic E-state index is 13.2. The number of benzene rings is 1. The summed E-state index contributed by atoms with van der Waals surface area (Å²) < 4.78 is 13.2. The van der Waals surface area contributed by atoms with Crippen LogP contribution in [0.5, 0.6) is 0 Å². The first kappa shape index (κ1) is 14.3. The third-order valence-electron chi connectivity index (χ3n) is 3.64. The Hall–Kier alpha value is -1.66. The predicted molar refractivity (Wildman–Crippen MR) is 82.6 cm³/mol. The quantitative estimate of drug-likeness (QED) is 0.773. The first-order chi connectivity index (χ1) is 10.1. The van der Waals surface area contributed by atoms with Crippen LogP contribution >= 0.6 is 11.8 Å². The minimum Gasteiger partial charge on any atom is -0.339 e. The van der Waals surface area contributed by atoms with Gasteiger partial charge in [-0.15, -0.1) is 0 Å². The largest absolute Gasteiger partial charge is 0.339 e. The van der Waals surface area contributed by atoms with E-state index in [1.54, 1.807) is 18.2 Å². The molecule has 0 atom stereocenters. The van der Waals surface area contributed by atoms with Gasteiger partial charge in [0.15, 0.2) is 5.17 Å². The van der Waals surface area contributed by atoms with Crippen molar-refractivity contribution in [1.82, 2.24) is 4.90 Å². The zero-order chi connectivity index (χ0) is 14.8. The average Bonchev–Trinajstić information content (AvgIpc) is 2.81. The second-order valence-electron chi connectivity index (χ2n) is 5.31. The van der Waals surface area contributed by atoms with Gasteiger partial charge in [-0.05, 0) is 35.5 Å². The summed E-state index contributed by atoms with van der Waals surface area (Å²) >= 11 is 1.38. The second kappa shape index (κ2) is 5.99. The molecule has 0 bridgehead atoms. The van der Waals surface area contributed by atoms with Crippen molar-refractivity contribution in [2.75, 3.05) is 33.2 Å². The number of nitrogens with one attached hydrogen (secondary N) is 1. The maximum Gasteiger partial charge on any atom is 0.286 e. The van der Waals surface area contributed by atoms with Crippen LogP contribution in [-0.4, -0.2) is 49.2 Å². The van der Waals surface area contributed by atoms with E-state index >= 15 is 0 Å². The van der Waals surface area contributed by atoms with Crippen LogP contribution in [0.4, 0.5) is 4.39 Å². The molecule has 21 heavy (non-hydrogen) atoms. The van der Waals surface area contributed by atoms with Gasteiger partial charge in [0, 0.05) is 0 Å². The molecule has 0 saturated carbocycles. The standard InChI is InChI=1S/C15H16FN3OS/c1-18-5-7-19(8-6-18)15-17-14(20)13(21-15)10-11-3-2-4-12(16)9-11/h2-4,9-10H,5-8H2,1H3/p+1/b13-10-. The van der Waals surface area contributed by atoms with Gasteiger partial charge in [-0.2, -0.15) is 4.99 Å². The molecule has 2 aliphatic rings. The third-order valence-corrected chi connectivity index (χ3v) is 4.69. The van der Waals surface area contributed by atoms with Gasteiger partial charge in [-0.3, -0.25) is 4.79 Å². The highest BCUT2D eigenvalue weighted by Gasteiger charge is 2.28. The Morgan fingerprint density at radius 1 is 1.38 bits per heavy atom. The van der Waals surface area contributed by atoms with Gasteiger partial charge in [0.05, 0.1) is 38.1 Å². The summed E-state index contributed by atoms with van der Waals surface area (Å²) in [6.07, 6.45) is 1.70. The molecule has 2 aliphatic heterocycles. The molecule has 1 saturated heterocycles. The summed E-state index contributed by atoms with van der Waals surface area (Å²) in [5.74, 6) is -0.534. The number of amides is 1. The molecule has 6 heteroatoms. The van der Waals surface area contributed by atoms with E-state index < -0.39 is 0 Å². The number of rotatable bonds is 1. The molecule has 3 rings (SSSR count). The highest BCUT2D eigenvalue weighted by Crippen LogP contribution is 2.30. The molecule has 0 aliphatic carbocycles. The topological polar surface area (TPSA) is 37.1 Å². The highest BCUT2D eigenvalue weighted by molar-refractivity contribution is 8.18. The van der Waals surface area contributed by atoms with Crippen LogP contribution in [0.3, 0.4) is 0 Å². The number of hydrogen-bond acceptors (Lipinski definition) is 3. The Balaban J connectivity index is 1.73. The van der Waals surface area contributed by atoms with Crippen LogP contribution in [0, 0.1) is 5.82 Å². The number of thioether (sulfide) groups is 1. The van der Waals surface area contributed by atoms with Crippen LogP contribution in [0.2, 0.25) is 0 Å². The minimum atomic E-state index is -0.303. The van der Waals surface area contributed by atoms with Crippen molar-refractivity contribution < 1.29 is 14.1 Å². The number of aliphatic imine (C=N–C) groups is 1. The van der Waals surface area contributed by atoms with Crippen LogP contribution < -0.4 is 4.90 Å². The van der Waals surface area contributed by atoms with Crippen molar-refractivity contribution in [3.63, 3.8) is 0 Å². The summed E-state index contributed by atoms with van der Waals surface area (Å²) in [4.78, 5) is 20.3. The molecule has 110 valence electrons. The number of piperazine rings is 1. The fraction of sp³-hybridized carbons (Fsp3) is 0.333. The van der Waals surface area contributed by atoms with Crippen molar-refractivity contribution in [3.8, 4) is 0 Å². The summed E-state index contributed by atoms with van der Waals surface area (Å²) in [6, 6.07) is 6.22. The molecular formula is C15H17FN3OS+. The fourth-order valence-electron chi connectivity index (χ4n) is 2.36. The minimum absolute atomic E-state index is 0.231. The van der Waals surface area contributed by atoms with Crippen LogP contribution in [0.1, 0.15) is 5.56 Å². The number of amidine groups is 1. The molecule has 0 unspecified atom stereocenters. The molecular weight excluding hydrogens is 289 g/mol. The molecule has 2 heterocycles. The van der Waals surface area contributed by atoms with Gasteiger partial charge in [0.25, 0.3) is 5.91 Å². The van der Waals surface area contributed by atoms with E-state index in [0.717, 1.165) is 31.3 Å². The lowest BCUT2D eigenvalue weighted by Crippen LogP contribution is -3.12. The lowest BCUT2D eigenvalue weighted by molar-refractivity contribution is -0.883. The monoisotopic (exact) mass is 306 g/mol. The Morgan fingerprint density at radius 2 is 2.14 bits per heavy atom. The van der Waals surface area contributed by atoms with Crippen molar-refractivity contribution in [2.45, 2.75) is 0 Å². The number of likely N-dealkylation sites (N-methyl/N-ethyl adjacent to an activating group) is 1. The van der Waals surface area contributed by atoms with Gasteiger partial charge in [-0.25, -0.2) is 4.39 Å². The van der Waals surface area contributed by atoms with Gasteiger partial charge < -0.3 is 9.80 Å². The molecule has 1 N–H and O–H groups in total. The van der Waals surface area contributed by atoms with Crippen molar-refractivity contribution >= 4 is 28.9 Å². The van der Waals surface area contributed by atoms with E-state index in [-0.39, 0.29) is 11.7 Å². The van der Waals surface area contributed by atoms with E-state index in [4.69, 9.17) is 0 Å². The summed E-state index contributed by atoms with van der Waals surface area (Å²) in [5.41, 5.74) is 0.685. The van der Waals surface area contributed by atoms with E-state index in [1.807, 2.05) is 0 Å². The Morgan fingerprint density at radius 3 is 2.86 bits per heavy atom. The molecule has 0 spiro atoms. The van der Waals surface area contributed by atoms with E-state index in [9.17, 15) is 9.18 Å². The first-order valence-electron chi connectivity index (χ1n) is 6.96. The van der Waals surface area contributed by atoms with E-state index in [1.165, 1.54) is 28.8 Å². The summed E-state index contributed by atoms with van der Waals surface area (Å²) in [5, 5.41) is 0.773. The number of carbonyl (C=O) groups is 1. The molecule has 0 radical (unpaired) electrons. The smallest absolute Gasteiger partial charge is 0.286 e. The van der Waals surface area contributed by atoms with Gasteiger partial charge in [-0.1, -0.05) is 12.1 Å². The number of carbonyl (C=O) groups excluding carboxylic acids is 1. The van der Waals surface area contributed by atoms with Gasteiger partial charge in [0.1, 0.15) is 5.82 Å². The number of nitrogens with zero attached hydrogens (tertiary/aromatic N) is 2. The van der Waals surface area contributed by atoms with Gasteiger partial charge >= 0.3 is 0 Å². The Bertz CT molecular complexity index is 621. The number of quaternary nitrogens is 1. The summed E-state index contributed by atoms with van der Waals surface area (Å²) in [7, 11) is 2.17. The molecule has 1 amide bonds. The molecule has 4 nitrogen and oxygen atoms in total. The van der Waals surface area contributed by atoms with Crippen molar-refractivity contribution in [2.24, 2.45) is 4.99 Å². The zero-order valence-corrected chi connectivity index (χ0v) is 12.6. The van der Waals surface area contributed by atoms with E-state index in [0.29, 0.717) is 10.5 Å². The Labute approximate surface area is 127 Å². The summed E-state index contributed by atoms with van der Waals surface area (Å²) in [6.45, 7) is 3.93. The number of hydrogen-bond donors (Lipinski definition) is 1. The fourth-order valence-corrected chi connectivity index (χ4v) is 3.33. The lowest BCUT2D eigenvalue weighted by atomic mass is 10.2. The second-order valence-corrected chi connectivity index (χ2v) is 6.32. The van der Waals surface area contributed by atoms with Crippen molar-refractivity contribution in [3.05, 3.63) is 40.6 Å². The molecule has 1 fully saturated rings. The molecule has 1 aromatic rings.